The number of aryl methyl sites for hydroxylation is 2. The first-order valence-corrected chi connectivity index (χ1v) is 7.72. The molecular weight excluding hydrogens is 286 g/mol. The van der Waals surface area contributed by atoms with E-state index in [1.54, 1.807) is 18.4 Å². The van der Waals surface area contributed by atoms with Crippen LogP contribution in [0.5, 0.6) is 6.01 Å². The van der Waals surface area contributed by atoms with Gasteiger partial charge in [0.1, 0.15) is 0 Å². The summed E-state index contributed by atoms with van der Waals surface area (Å²) in [7, 11) is 1.55. The van der Waals surface area contributed by atoms with Crippen LogP contribution < -0.4 is 15.4 Å². The number of nitrogens with zero attached hydrogens (tertiary/aromatic N) is 3. The first-order chi connectivity index (χ1) is 10.0. The fourth-order valence-electron chi connectivity index (χ4n) is 2.10. The molecule has 6 nitrogen and oxygen atoms in total. The first kappa shape index (κ1) is 15.5. The van der Waals surface area contributed by atoms with Crippen LogP contribution in [0.15, 0.2) is 6.07 Å². The smallest absolute Gasteiger partial charge is 0.322 e. The number of rotatable bonds is 6. The highest BCUT2D eigenvalue weighted by atomic mass is 32.1. The van der Waals surface area contributed by atoms with Gasteiger partial charge in [-0.2, -0.15) is 15.0 Å². The number of thiophene rings is 1. The molecule has 114 valence electrons. The molecule has 0 aliphatic carbocycles. The summed E-state index contributed by atoms with van der Waals surface area (Å²) < 4.78 is 5.12. The van der Waals surface area contributed by atoms with Crippen LogP contribution in [-0.2, 0) is 0 Å². The summed E-state index contributed by atoms with van der Waals surface area (Å²) in [5.74, 6) is 1.02. The van der Waals surface area contributed by atoms with Crippen LogP contribution in [0, 0.1) is 13.8 Å². The van der Waals surface area contributed by atoms with E-state index in [-0.39, 0.29) is 6.04 Å². The summed E-state index contributed by atoms with van der Waals surface area (Å²) in [6, 6.07) is 2.62. The lowest BCUT2D eigenvalue weighted by Crippen LogP contribution is -2.13. The normalized spacial score (nSPS) is 12.0. The molecule has 2 N–H and O–H groups in total. The SMILES string of the molecule is CCNc1nc(NC(C)c2cc(C)sc2C)nc(OC)n1. The van der Waals surface area contributed by atoms with Gasteiger partial charge in [0.25, 0.3) is 0 Å². The van der Waals surface area contributed by atoms with E-state index in [4.69, 9.17) is 4.74 Å². The van der Waals surface area contributed by atoms with Crippen molar-refractivity contribution in [2.45, 2.75) is 33.7 Å². The molecular formula is C14H21N5OS. The van der Waals surface area contributed by atoms with Crippen LogP contribution in [0.4, 0.5) is 11.9 Å². The van der Waals surface area contributed by atoms with Crippen molar-refractivity contribution in [3.05, 3.63) is 21.4 Å². The number of aromatic nitrogens is 3. The fraction of sp³-hybridized carbons (Fsp3) is 0.500. The molecule has 0 saturated carbocycles. The van der Waals surface area contributed by atoms with Crippen LogP contribution in [0.2, 0.25) is 0 Å². The predicted molar refractivity (Wildman–Crippen MR) is 86.4 cm³/mol. The Balaban J connectivity index is 2.21. The highest BCUT2D eigenvalue weighted by molar-refractivity contribution is 7.12. The van der Waals surface area contributed by atoms with Crippen LogP contribution in [0.3, 0.4) is 0 Å². The molecule has 0 aromatic carbocycles. The van der Waals surface area contributed by atoms with Crippen molar-refractivity contribution in [1.82, 2.24) is 15.0 Å². The van der Waals surface area contributed by atoms with Gasteiger partial charge in [0, 0.05) is 16.3 Å². The molecule has 0 saturated heterocycles. The molecule has 7 heteroatoms. The maximum absolute atomic E-state index is 5.12. The Labute approximate surface area is 129 Å². The highest BCUT2D eigenvalue weighted by Gasteiger charge is 2.14. The molecule has 2 aromatic rings. The largest absolute Gasteiger partial charge is 0.467 e. The van der Waals surface area contributed by atoms with Gasteiger partial charge in [0.15, 0.2) is 0 Å². The van der Waals surface area contributed by atoms with E-state index < -0.39 is 0 Å². The van der Waals surface area contributed by atoms with E-state index in [1.807, 2.05) is 6.92 Å². The molecule has 1 unspecified atom stereocenters. The Kier molecular flexibility index (Phi) is 4.95. The van der Waals surface area contributed by atoms with E-state index in [1.165, 1.54) is 15.3 Å². The highest BCUT2D eigenvalue weighted by Crippen LogP contribution is 2.28. The van der Waals surface area contributed by atoms with E-state index in [0.29, 0.717) is 17.9 Å². The summed E-state index contributed by atoms with van der Waals surface area (Å²) in [6.07, 6.45) is 0. The van der Waals surface area contributed by atoms with E-state index in [2.05, 4.69) is 52.4 Å². The number of ether oxygens (including phenoxy) is 1. The van der Waals surface area contributed by atoms with Crippen molar-refractivity contribution in [2.75, 3.05) is 24.3 Å². The summed E-state index contributed by atoms with van der Waals surface area (Å²) >= 11 is 1.80. The third kappa shape index (κ3) is 3.81. The summed E-state index contributed by atoms with van der Waals surface area (Å²) in [6.45, 7) is 9.07. The third-order valence-corrected chi connectivity index (χ3v) is 4.01. The number of methoxy groups -OCH3 is 1. The van der Waals surface area contributed by atoms with E-state index >= 15 is 0 Å². The average molecular weight is 307 g/mol. The molecule has 0 bridgehead atoms. The average Bonchev–Trinajstić information content (AvgIpc) is 2.78. The number of hydrogen-bond acceptors (Lipinski definition) is 7. The topological polar surface area (TPSA) is 72.0 Å². The van der Waals surface area contributed by atoms with Crippen LogP contribution in [-0.4, -0.2) is 28.6 Å². The third-order valence-electron chi connectivity index (χ3n) is 3.02. The van der Waals surface area contributed by atoms with Gasteiger partial charge in [-0.25, -0.2) is 0 Å². The van der Waals surface area contributed by atoms with Crippen LogP contribution >= 0.6 is 11.3 Å². The summed E-state index contributed by atoms with van der Waals surface area (Å²) in [4.78, 5) is 15.4. The Morgan fingerprint density at radius 1 is 1.24 bits per heavy atom. The Bertz CT molecular complexity index is 613. The van der Waals surface area contributed by atoms with Gasteiger partial charge in [-0.05, 0) is 39.3 Å². The molecule has 0 amide bonds. The molecule has 1 atom stereocenters. The van der Waals surface area contributed by atoms with E-state index in [0.717, 1.165) is 6.54 Å². The molecule has 2 aromatic heterocycles. The molecule has 0 fully saturated rings. The van der Waals surface area contributed by atoms with Crippen LogP contribution in [0.1, 0.15) is 35.2 Å². The minimum Gasteiger partial charge on any atom is -0.467 e. The van der Waals surface area contributed by atoms with Crippen molar-refractivity contribution in [3.8, 4) is 6.01 Å². The van der Waals surface area contributed by atoms with Gasteiger partial charge in [-0.3, -0.25) is 0 Å². The monoisotopic (exact) mass is 307 g/mol. The zero-order valence-electron chi connectivity index (χ0n) is 13.0. The minimum absolute atomic E-state index is 0.122. The fourth-order valence-corrected chi connectivity index (χ4v) is 3.12. The number of anilines is 2. The van der Waals surface area contributed by atoms with Gasteiger partial charge in [-0.15, -0.1) is 11.3 Å². The van der Waals surface area contributed by atoms with Gasteiger partial charge in [-0.1, -0.05) is 0 Å². The number of hydrogen-bond donors (Lipinski definition) is 2. The molecule has 2 heterocycles. The quantitative estimate of drug-likeness (QED) is 0.854. The van der Waals surface area contributed by atoms with E-state index in [9.17, 15) is 0 Å². The first-order valence-electron chi connectivity index (χ1n) is 6.90. The lowest BCUT2D eigenvalue weighted by molar-refractivity contribution is 0.379. The maximum atomic E-state index is 5.12. The zero-order valence-corrected chi connectivity index (χ0v) is 13.8. The Hall–Kier alpha value is -1.89. The van der Waals surface area contributed by atoms with Crippen molar-refractivity contribution in [2.24, 2.45) is 0 Å². The second kappa shape index (κ2) is 6.71. The lowest BCUT2D eigenvalue weighted by Gasteiger charge is -2.15. The zero-order chi connectivity index (χ0) is 15.4. The molecule has 0 spiro atoms. The molecule has 21 heavy (non-hydrogen) atoms. The molecule has 0 radical (unpaired) electrons. The van der Waals surface area contributed by atoms with Gasteiger partial charge in [0.05, 0.1) is 13.2 Å². The number of nitrogens with one attached hydrogen (secondary N) is 2. The second-order valence-electron chi connectivity index (χ2n) is 4.73. The lowest BCUT2D eigenvalue weighted by atomic mass is 10.1. The molecule has 2 rings (SSSR count). The van der Waals surface area contributed by atoms with Gasteiger partial charge in [0.2, 0.25) is 11.9 Å². The van der Waals surface area contributed by atoms with Crippen molar-refractivity contribution in [1.29, 1.82) is 0 Å². The predicted octanol–water partition coefficient (Wildman–Crippen LogP) is 3.16. The second-order valence-corrected chi connectivity index (χ2v) is 6.19. The van der Waals surface area contributed by atoms with Crippen molar-refractivity contribution < 1.29 is 4.74 Å². The standard InChI is InChI=1S/C14H21N5OS/c1-6-15-12-17-13(19-14(18-12)20-5)16-9(3)11-7-8(2)21-10(11)4/h7,9H,6H2,1-5H3,(H2,15,16,17,18,19). The molecule has 0 aliphatic heterocycles. The minimum atomic E-state index is 0.122. The Morgan fingerprint density at radius 2 is 1.95 bits per heavy atom. The van der Waals surface area contributed by atoms with Gasteiger partial charge < -0.3 is 15.4 Å². The molecule has 0 aliphatic rings. The van der Waals surface area contributed by atoms with Crippen LogP contribution in [0.25, 0.3) is 0 Å². The maximum Gasteiger partial charge on any atom is 0.322 e. The summed E-state index contributed by atoms with van der Waals surface area (Å²) in [5.41, 5.74) is 1.27. The van der Waals surface area contributed by atoms with Gasteiger partial charge >= 0.3 is 6.01 Å². The van der Waals surface area contributed by atoms with Crippen molar-refractivity contribution in [3.63, 3.8) is 0 Å². The Morgan fingerprint density at radius 3 is 2.52 bits per heavy atom. The summed E-state index contributed by atoms with van der Waals surface area (Å²) in [5, 5.41) is 6.38. The van der Waals surface area contributed by atoms with Crippen molar-refractivity contribution >= 4 is 23.2 Å².